The predicted molar refractivity (Wildman–Crippen MR) is 68.9 cm³/mol. The van der Waals surface area contributed by atoms with Crippen LogP contribution in [0.5, 0.6) is 0 Å². The zero-order chi connectivity index (χ0) is 12.1. The number of hydrogen-bond acceptors (Lipinski definition) is 2. The van der Waals surface area contributed by atoms with Crippen molar-refractivity contribution in [3.63, 3.8) is 0 Å². The molecule has 0 aliphatic heterocycles. The minimum atomic E-state index is -0.297. The minimum Gasteiger partial charge on any atom is -0.277 e. The van der Waals surface area contributed by atoms with Gasteiger partial charge < -0.3 is 0 Å². The first-order valence-corrected chi connectivity index (χ1v) is 5.44. The van der Waals surface area contributed by atoms with Gasteiger partial charge in [0.05, 0.1) is 5.69 Å². The fraction of sp³-hybridized carbons (Fsp3) is 0. The van der Waals surface area contributed by atoms with E-state index in [4.69, 9.17) is 11.6 Å². The molecule has 4 heteroatoms. The van der Waals surface area contributed by atoms with Crippen LogP contribution in [0.1, 0.15) is 5.56 Å². The number of anilines is 1. The molecule has 0 saturated carbocycles. The number of halogens is 2. The SMILES string of the molecule is Fc1ccc(/C(Cl)=N/Nc2ccccc2)cc1. The van der Waals surface area contributed by atoms with Gasteiger partial charge in [-0.05, 0) is 36.4 Å². The third-order valence-corrected chi connectivity index (χ3v) is 2.44. The number of para-hydroxylation sites is 1. The molecule has 0 unspecified atom stereocenters. The van der Waals surface area contributed by atoms with Crippen LogP contribution in [0.3, 0.4) is 0 Å². The van der Waals surface area contributed by atoms with Gasteiger partial charge in [-0.15, -0.1) is 0 Å². The fourth-order valence-electron chi connectivity index (χ4n) is 1.28. The van der Waals surface area contributed by atoms with Crippen LogP contribution in [0.4, 0.5) is 10.1 Å². The van der Waals surface area contributed by atoms with Crippen molar-refractivity contribution in [3.8, 4) is 0 Å². The molecule has 0 radical (unpaired) electrons. The molecule has 0 fully saturated rings. The van der Waals surface area contributed by atoms with E-state index in [1.807, 2.05) is 30.3 Å². The second-order valence-electron chi connectivity index (χ2n) is 3.39. The summed E-state index contributed by atoms with van der Waals surface area (Å²) in [4.78, 5) is 0. The Kier molecular flexibility index (Phi) is 3.73. The number of nitrogens with zero attached hydrogens (tertiary/aromatic N) is 1. The lowest BCUT2D eigenvalue weighted by atomic mass is 10.2. The van der Waals surface area contributed by atoms with Crippen LogP contribution < -0.4 is 5.43 Å². The van der Waals surface area contributed by atoms with Gasteiger partial charge in [-0.1, -0.05) is 29.8 Å². The van der Waals surface area contributed by atoms with E-state index in [1.54, 1.807) is 12.1 Å². The average Bonchev–Trinajstić information content (AvgIpc) is 2.38. The molecular weight excluding hydrogens is 239 g/mol. The summed E-state index contributed by atoms with van der Waals surface area (Å²) < 4.78 is 12.7. The molecule has 0 aliphatic carbocycles. The number of hydrazone groups is 1. The lowest BCUT2D eigenvalue weighted by molar-refractivity contribution is 0.628. The Hall–Kier alpha value is -1.87. The summed E-state index contributed by atoms with van der Waals surface area (Å²) in [7, 11) is 0. The molecule has 0 spiro atoms. The molecule has 0 saturated heterocycles. The maximum Gasteiger partial charge on any atom is 0.156 e. The largest absolute Gasteiger partial charge is 0.277 e. The molecule has 2 nitrogen and oxygen atoms in total. The molecule has 0 heterocycles. The van der Waals surface area contributed by atoms with Gasteiger partial charge in [-0.3, -0.25) is 5.43 Å². The number of nitrogens with one attached hydrogen (secondary N) is 1. The molecule has 2 aromatic rings. The first kappa shape index (κ1) is 11.6. The van der Waals surface area contributed by atoms with Crippen LogP contribution in [0.2, 0.25) is 0 Å². The van der Waals surface area contributed by atoms with Crippen molar-refractivity contribution in [2.45, 2.75) is 0 Å². The molecule has 2 aromatic carbocycles. The van der Waals surface area contributed by atoms with E-state index in [0.717, 1.165) is 5.69 Å². The first-order valence-electron chi connectivity index (χ1n) is 5.06. The fourth-order valence-corrected chi connectivity index (χ4v) is 1.45. The number of hydrogen-bond donors (Lipinski definition) is 1. The standard InChI is InChI=1S/C13H10ClFN2/c14-13(10-6-8-11(15)9-7-10)17-16-12-4-2-1-3-5-12/h1-9,16H/b17-13-. The highest BCUT2D eigenvalue weighted by Crippen LogP contribution is 2.09. The monoisotopic (exact) mass is 248 g/mol. The van der Waals surface area contributed by atoms with Gasteiger partial charge in [0, 0.05) is 5.56 Å². The second-order valence-corrected chi connectivity index (χ2v) is 3.75. The summed E-state index contributed by atoms with van der Waals surface area (Å²) in [5, 5.41) is 4.29. The van der Waals surface area contributed by atoms with Crippen LogP contribution in [-0.4, -0.2) is 5.17 Å². The van der Waals surface area contributed by atoms with Crippen LogP contribution >= 0.6 is 11.6 Å². The smallest absolute Gasteiger partial charge is 0.156 e. The summed E-state index contributed by atoms with van der Waals surface area (Å²) in [6.07, 6.45) is 0. The molecule has 0 amide bonds. The highest BCUT2D eigenvalue weighted by atomic mass is 35.5. The Morgan fingerprint density at radius 2 is 1.65 bits per heavy atom. The quantitative estimate of drug-likeness (QED) is 0.648. The molecule has 17 heavy (non-hydrogen) atoms. The van der Waals surface area contributed by atoms with Crippen LogP contribution in [0, 0.1) is 5.82 Å². The molecule has 2 rings (SSSR count). The highest BCUT2D eigenvalue weighted by molar-refractivity contribution is 6.69. The molecule has 0 aliphatic rings. The Labute approximate surface area is 104 Å². The van der Waals surface area contributed by atoms with Crippen molar-refractivity contribution in [2.24, 2.45) is 5.10 Å². The summed E-state index contributed by atoms with van der Waals surface area (Å²) >= 11 is 5.97. The minimum absolute atomic E-state index is 0.286. The van der Waals surface area contributed by atoms with E-state index in [9.17, 15) is 4.39 Å². The van der Waals surface area contributed by atoms with Gasteiger partial charge in [-0.25, -0.2) is 4.39 Å². The van der Waals surface area contributed by atoms with Crippen molar-refractivity contribution in [1.82, 2.24) is 0 Å². The van der Waals surface area contributed by atoms with E-state index in [0.29, 0.717) is 5.56 Å². The first-order chi connectivity index (χ1) is 8.25. The van der Waals surface area contributed by atoms with Gasteiger partial charge in [-0.2, -0.15) is 5.10 Å². The van der Waals surface area contributed by atoms with Crippen LogP contribution in [-0.2, 0) is 0 Å². The van der Waals surface area contributed by atoms with Crippen molar-refractivity contribution in [2.75, 3.05) is 5.43 Å². The number of rotatable bonds is 3. The maximum atomic E-state index is 12.7. The van der Waals surface area contributed by atoms with E-state index in [2.05, 4.69) is 10.5 Å². The molecule has 86 valence electrons. The lowest BCUT2D eigenvalue weighted by Crippen LogP contribution is -1.97. The molecule has 0 aromatic heterocycles. The Balaban J connectivity index is 2.10. The Morgan fingerprint density at radius 3 is 2.29 bits per heavy atom. The van der Waals surface area contributed by atoms with E-state index in [-0.39, 0.29) is 11.0 Å². The van der Waals surface area contributed by atoms with E-state index >= 15 is 0 Å². The van der Waals surface area contributed by atoms with Crippen molar-refractivity contribution in [3.05, 3.63) is 66.0 Å². The zero-order valence-electron chi connectivity index (χ0n) is 8.90. The molecule has 0 atom stereocenters. The average molecular weight is 249 g/mol. The van der Waals surface area contributed by atoms with Gasteiger partial charge in [0.15, 0.2) is 5.17 Å². The topological polar surface area (TPSA) is 24.4 Å². The van der Waals surface area contributed by atoms with Gasteiger partial charge in [0.2, 0.25) is 0 Å². The van der Waals surface area contributed by atoms with E-state index in [1.165, 1.54) is 12.1 Å². The highest BCUT2D eigenvalue weighted by Gasteiger charge is 1.99. The van der Waals surface area contributed by atoms with Crippen molar-refractivity contribution < 1.29 is 4.39 Å². The maximum absolute atomic E-state index is 12.7. The van der Waals surface area contributed by atoms with Gasteiger partial charge >= 0.3 is 0 Å². The van der Waals surface area contributed by atoms with Gasteiger partial charge in [0.25, 0.3) is 0 Å². The predicted octanol–water partition coefficient (Wildman–Crippen LogP) is 3.84. The molecule has 1 N–H and O–H groups in total. The third kappa shape index (κ3) is 3.29. The second kappa shape index (κ2) is 5.46. The van der Waals surface area contributed by atoms with Crippen LogP contribution in [0.25, 0.3) is 0 Å². The zero-order valence-corrected chi connectivity index (χ0v) is 9.66. The van der Waals surface area contributed by atoms with Crippen LogP contribution in [0.15, 0.2) is 59.7 Å². The normalized spacial score (nSPS) is 11.3. The number of benzene rings is 2. The van der Waals surface area contributed by atoms with E-state index < -0.39 is 0 Å². The Bertz CT molecular complexity index is 509. The lowest BCUT2D eigenvalue weighted by Gasteiger charge is -2.01. The molecule has 0 bridgehead atoms. The van der Waals surface area contributed by atoms with Gasteiger partial charge in [0.1, 0.15) is 5.82 Å². The Morgan fingerprint density at radius 1 is 1.00 bits per heavy atom. The summed E-state index contributed by atoms with van der Waals surface area (Å²) in [5.41, 5.74) is 4.32. The summed E-state index contributed by atoms with van der Waals surface area (Å²) in [6, 6.07) is 15.3. The molecular formula is C13H10ClFN2. The van der Waals surface area contributed by atoms with Crippen molar-refractivity contribution in [1.29, 1.82) is 0 Å². The summed E-state index contributed by atoms with van der Waals surface area (Å²) in [5.74, 6) is -0.297. The van der Waals surface area contributed by atoms with Crippen molar-refractivity contribution >= 4 is 22.5 Å². The summed E-state index contributed by atoms with van der Waals surface area (Å²) in [6.45, 7) is 0. The third-order valence-electron chi connectivity index (χ3n) is 2.14.